The fourth-order valence-electron chi connectivity index (χ4n) is 0. The fourth-order valence-corrected chi connectivity index (χ4v) is 0. The monoisotopic (exact) mass is 243 g/mol. The summed E-state index contributed by atoms with van der Waals surface area (Å²) in [5.41, 5.74) is 0. The van der Waals surface area contributed by atoms with Crippen LogP contribution in [0.2, 0.25) is 0 Å². The summed E-state index contributed by atoms with van der Waals surface area (Å²) in [6, 6.07) is 0. The first-order chi connectivity index (χ1) is 1.73. The predicted molar refractivity (Wildman–Crippen MR) is 7.33 cm³/mol. The van der Waals surface area contributed by atoms with Gasteiger partial charge in [0.2, 0.25) is 0 Å². The maximum Gasteiger partial charge on any atom is 3.00 e. The molecule has 8 heavy (non-hydrogen) atoms. The zero-order valence-electron chi connectivity index (χ0n) is 3.25. The van der Waals surface area contributed by atoms with Crippen LogP contribution in [-0.2, 0) is 50.9 Å². The molecule has 0 heterocycles. The molecule has 0 amide bonds. The van der Waals surface area contributed by atoms with Gasteiger partial charge >= 0.3 is 50.9 Å². The van der Waals surface area contributed by atoms with Gasteiger partial charge in [0.05, 0.1) is 0 Å². The van der Waals surface area contributed by atoms with Gasteiger partial charge in [-0.15, -0.1) is 0 Å². The first kappa shape index (κ1) is 37.2. The van der Waals surface area contributed by atoms with E-state index in [0.717, 1.165) is 0 Å². The van der Waals surface area contributed by atoms with Crippen LogP contribution in [0.15, 0.2) is 0 Å². The molecule has 49 valence electrons. The van der Waals surface area contributed by atoms with Crippen molar-refractivity contribution in [3.8, 4) is 0 Å². The van der Waals surface area contributed by atoms with Crippen molar-refractivity contribution < 1.29 is 71.4 Å². The Labute approximate surface area is 77.5 Å². The summed E-state index contributed by atoms with van der Waals surface area (Å²) in [6.45, 7) is 0. The largest absolute Gasteiger partial charge is 3.00 e. The molecule has 4 nitrogen and oxygen atoms in total. The van der Waals surface area contributed by atoms with Crippen molar-refractivity contribution in [1.29, 1.82) is 0 Å². The van der Waals surface area contributed by atoms with E-state index in [2.05, 4.69) is 0 Å². The first-order valence-electron chi connectivity index (χ1n) is 0.612. The fraction of sp³-hybridized carbons (Fsp3) is 0. The molecule has 0 aromatic rings. The van der Waals surface area contributed by atoms with Gasteiger partial charge in [-0.3, -0.25) is 0 Å². The van der Waals surface area contributed by atoms with Crippen molar-refractivity contribution in [1.82, 2.24) is 0 Å². The minimum Gasteiger partial charge on any atom is -0.870 e. The molecule has 7 heteroatoms. The minimum absolute atomic E-state index is 0. The summed E-state index contributed by atoms with van der Waals surface area (Å²) in [5, 5.41) is 16.7. The number of hydrogen-bond acceptors (Lipinski definition) is 4. The molecule has 0 aliphatic carbocycles. The summed E-state index contributed by atoms with van der Waals surface area (Å²) in [7, 11) is 0. The van der Waals surface area contributed by atoms with Crippen molar-refractivity contribution in [3.63, 3.8) is 0 Å². The molecule has 0 atom stereocenters. The van der Waals surface area contributed by atoms with Gasteiger partial charge in [0, 0.05) is 0 Å². The normalized spacial score (nSPS) is 3.00. The van der Waals surface area contributed by atoms with Gasteiger partial charge in [-0.25, -0.2) is 0 Å². The van der Waals surface area contributed by atoms with E-state index >= 15 is 0 Å². The Morgan fingerprint density at radius 3 is 1.25 bits per heavy atom. The molecule has 0 unspecified atom stereocenters. The van der Waals surface area contributed by atoms with E-state index in [-0.39, 0.29) is 56.4 Å². The maximum absolute atomic E-state index is 8.33. The number of rotatable bonds is 0. The summed E-state index contributed by atoms with van der Waals surface area (Å²) >= 11 is 0. The Balaban J connectivity index is -0.00000000750. The van der Waals surface area contributed by atoms with Crippen LogP contribution in [0, 0.1) is 0 Å². The second kappa shape index (κ2) is 25.0. The minimum atomic E-state index is -2.33. The van der Waals surface area contributed by atoms with E-state index < -0.39 is 6.16 Å². The van der Waals surface area contributed by atoms with Crippen molar-refractivity contribution in [3.05, 3.63) is 0 Å². The van der Waals surface area contributed by atoms with Gasteiger partial charge in [0.15, 0.2) is 0 Å². The molecule has 0 saturated carbocycles. The average molecular weight is 244 g/mol. The van der Waals surface area contributed by atoms with Crippen molar-refractivity contribution in [2.45, 2.75) is 0 Å². The van der Waals surface area contributed by atoms with Crippen molar-refractivity contribution >= 4 is 6.16 Å². The van der Waals surface area contributed by atoms with Gasteiger partial charge < -0.3 is 20.5 Å². The van der Waals surface area contributed by atoms with E-state index in [1.165, 1.54) is 0 Å². The number of carbonyl (C=O) groups is 1. The Morgan fingerprint density at radius 1 is 1.25 bits per heavy atom. The molecule has 0 saturated heterocycles. The third kappa shape index (κ3) is 376. The third-order valence-corrected chi connectivity index (χ3v) is 0. The van der Waals surface area contributed by atoms with Crippen LogP contribution in [0.1, 0.15) is 0 Å². The Bertz CT molecular complexity index is 39.0. The van der Waals surface area contributed by atoms with Crippen LogP contribution in [0.4, 0.5) is 4.79 Å². The van der Waals surface area contributed by atoms with Gasteiger partial charge in [0.1, 0.15) is 0 Å². The van der Waals surface area contributed by atoms with E-state index in [1.807, 2.05) is 0 Å². The van der Waals surface area contributed by atoms with E-state index in [9.17, 15) is 0 Å². The van der Waals surface area contributed by atoms with Gasteiger partial charge in [-0.1, -0.05) is 0 Å². The topological polar surface area (TPSA) is 93.2 Å². The number of carbonyl (C=O) groups excluding carboxylic acids is 1. The number of hydrogen-bond donors (Lipinski definition) is 0. The molecule has 0 spiro atoms. The summed E-state index contributed by atoms with van der Waals surface area (Å²) < 4.78 is 0. The summed E-state index contributed by atoms with van der Waals surface area (Å²) in [6.07, 6.45) is -2.33. The van der Waals surface area contributed by atoms with Gasteiger partial charge in [0.25, 0.3) is 0 Å². The first-order valence-corrected chi connectivity index (χ1v) is 0.612. The van der Waals surface area contributed by atoms with Gasteiger partial charge in [-0.2, -0.15) is 0 Å². The SMILES string of the molecule is O=C([O-])[O-].[Cr+3].[Fe+2].[Ni+2].[OH-]. The zero-order valence-corrected chi connectivity index (χ0v) is 6.62. The Hall–Kier alpha value is 0.775. The Morgan fingerprint density at radius 2 is 1.25 bits per heavy atom. The summed E-state index contributed by atoms with van der Waals surface area (Å²) in [4.78, 5) is 8.33. The molecule has 0 fully saturated rings. The van der Waals surface area contributed by atoms with Gasteiger partial charge in [-0.05, 0) is 6.16 Å². The molecule has 0 aromatic heterocycles. The molecule has 0 aromatic carbocycles. The molecule has 0 aliphatic heterocycles. The Kier molecular flexibility index (Phi) is 117. The van der Waals surface area contributed by atoms with Crippen LogP contribution in [-0.4, -0.2) is 11.6 Å². The molecule has 0 rings (SSSR count). The van der Waals surface area contributed by atoms with Crippen LogP contribution in [0.25, 0.3) is 0 Å². The van der Waals surface area contributed by atoms with Crippen LogP contribution >= 0.6 is 0 Å². The van der Waals surface area contributed by atoms with E-state index in [1.54, 1.807) is 0 Å². The molecule has 0 bridgehead atoms. The molecule has 1 N–H and O–H groups in total. The van der Waals surface area contributed by atoms with Crippen molar-refractivity contribution in [2.75, 3.05) is 0 Å². The van der Waals surface area contributed by atoms with Crippen LogP contribution in [0.5, 0.6) is 0 Å². The van der Waals surface area contributed by atoms with E-state index in [4.69, 9.17) is 15.0 Å². The second-order valence-electron chi connectivity index (χ2n) is 0.250. The number of carboxylic acid groups (broad SMARTS) is 2. The standard InChI is InChI=1S/CH2O3.Cr.Fe.Ni.H2O/c2-1(3)4;;;;/h(H2,2,3,4);;;;1H2/q;+3;2*+2;/p-3. The second-order valence-corrected chi connectivity index (χ2v) is 0.250. The van der Waals surface area contributed by atoms with Crippen LogP contribution < -0.4 is 10.2 Å². The molecular weight excluding hydrogens is 243 g/mol. The molecule has 1 radical (unpaired) electrons. The molecule has 0 aliphatic rings. The third-order valence-electron chi connectivity index (χ3n) is 0. The smallest absolute Gasteiger partial charge is 0.870 e. The molecular formula is CHCrFeNiO4+4. The summed E-state index contributed by atoms with van der Waals surface area (Å²) in [5.74, 6) is 0. The average Bonchev–Trinajstić information content (AvgIpc) is 0.811. The predicted octanol–water partition coefficient (Wildman–Crippen LogP) is -2.63. The zero-order chi connectivity index (χ0) is 3.58. The van der Waals surface area contributed by atoms with E-state index in [0.29, 0.717) is 0 Å². The van der Waals surface area contributed by atoms with Crippen molar-refractivity contribution in [2.24, 2.45) is 0 Å². The quantitative estimate of drug-likeness (QED) is 0.435. The maximum atomic E-state index is 8.33. The van der Waals surface area contributed by atoms with Crippen LogP contribution in [0.3, 0.4) is 0 Å².